The molecule has 4 heteroatoms. The fraction of sp³-hybridized carbons (Fsp3) is 0.533. The van der Waals surface area contributed by atoms with Crippen molar-refractivity contribution in [3.05, 3.63) is 29.8 Å². The van der Waals surface area contributed by atoms with Crippen LogP contribution in [-0.4, -0.2) is 49.4 Å². The Morgan fingerprint density at radius 3 is 2.53 bits per heavy atom. The zero-order valence-corrected chi connectivity index (χ0v) is 11.8. The molecule has 1 heterocycles. The van der Waals surface area contributed by atoms with E-state index < -0.39 is 0 Å². The van der Waals surface area contributed by atoms with Gasteiger partial charge in [-0.1, -0.05) is 0 Å². The average Bonchev–Trinajstić information content (AvgIpc) is 2.41. The third-order valence-corrected chi connectivity index (χ3v) is 3.82. The minimum absolute atomic E-state index is 0.118. The van der Waals surface area contributed by atoms with Crippen LogP contribution in [0.3, 0.4) is 0 Å². The summed E-state index contributed by atoms with van der Waals surface area (Å²) >= 11 is 0. The van der Waals surface area contributed by atoms with Crippen LogP contribution in [0.2, 0.25) is 0 Å². The quantitative estimate of drug-likeness (QED) is 0.831. The molecule has 2 N–H and O–H groups in total. The van der Waals surface area contributed by atoms with Gasteiger partial charge >= 0.3 is 0 Å². The summed E-state index contributed by atoms with van der Waals surface area (Å²) in [5.74, 6) is 0.118. The molecular formula is C15H23N3O. The van der Waals surface area contributed by atoms with E-state index in [1.165, 1.54) is 5.69 Å². The number of hydrogen-bond acceptors (Lipinski definition) is 4. The molecule has 1 unspecified atom stereocenters. The molecule has 0 saturated carbocycles. The molecule has 4 nitrogen and oxygen atoms in total. The van der Waals surface area contributed by atoms with Crippen LogP contribution >= 0.6 is 0 Å². The molecule has 0 aromatic heterocycles. The molecule has 1 atom stereocenters. The van der Waals surface area contributed by atoms with Crippen molar-refractivity contribution in [2.45, 2.75) is 19.9 Å². The van der Waals surface area contributed by atoms with Gasteiger partial charge in [0, 0.05) is 50.0 Å². The van der Waals surface area contributed by atoms with E-state index in [2.05, 4.69) is 16.7 Å². The molecule has 0 spiro atoms. The van der Waals surface area contributed by atoms with Crippen LogP contribution in [0.15, 0.2) is 24.3 Å². The van der Waals surface area contributed by atoms with E-state index in [0.29, 0.717) is 6.04 Å². The molecule has 0 amide bonds. The summed E-state index contributed by atoms with van der Waals surface area (Å²) < 4.78 is 0. The van der Waals surface area contributed by atoms with Crippen LogP contribution in [-0.2, 0) is 0 Å². The molecule has 0 aliphatic carbocycles. The van der Waals surface area contributed by atoms with Crippen molar-refractivity contribution in [3.63, 3.8) is 0 Å². The lowest BCUT2D eigenvalue weighted by Crippen LogP contribution is -2.53. The van der Waals surface area contributed by atoms with E-state index in [1.807, 2.05) is 24.3 Å². The Labute approximate surface area is 115 Å². The standard InChI is InChI=1S/C15H23N3O/c1-12-11-18(10-9-17(12)8-7-16)15-5-3-14(4-6-15)13(2)19/h3-6,12H,7-11,16H2,1-2H3. The molecule has 0 bridgehead atoms. The molecule has 1 saturated heterocycles. The lowest BCUT2D eigenvalue weighted by atomic mass is 10.1. The highest BCUT2D eigenvalue weighted by molar-refractivity contribution is 5.94. The second-order valence-electron chi connectivity index (χ2n) is 5.22. The molecule has 1 aliphatic rings. The van der Waals surface area contributed by atoms with Crippen molar-refractivity contribution in [1.29, 1.82) is 0 Å². The first-order chi connectivity index (χ1) is 9.11. The number of carbonyl (C=O) groups excluding carboxylic acids is 1. The molecular weight excluding hydrogens is 238 g/mol. The zero-order valence-electron chi connectivity index (χ0n) is 11.8. The van der Waals surface area contributed by atoms with Gasteiger partial charge in [0.2, 0.25) is 0 Å². The number of nitrogens with two attached hydrogens (primary N) is 1. The minimum Gasteiger partial charge on any atom is -0.369 e. The number of rotatable bonds is 4. The Bertz CT molecular complexity index is 430. The highest BCUT2D eigenvalue weighted by Crippen LogP contribution is 2.19. The predicted molar refractivity (Wildman–Crippen MR) is 78.7 cm³/mol. The number of carbonyl (C=O) groups is 1. The number of ketones is 1. The summed E-state index contributed by atoms with van der Waals surface area (Å²) in [5.41, 5.74) is 7.60. The van der Waals surface area contributed by atoms with Crippen molar-refractivity contribution < 1.29 is 4.79 Å². The predicted octanol–water partition coefficient (Wildman–Crippen LogP) is 1.36. The molecule has 0 radical (unpaired) electrons. The van der Waals surface area contributed by atoms with E-state index in [-0.39, 0.29) is 5.78 Å². The second-order valence-corrected chi connectivity index (χ2v) is 5.22. The SMILES string of the molecule is CC(=O)c1ccc(N2CCN(CCN)C(C)C2)cc1. The highest BCUT2D eigenvalue weighted by atomic mass is 16.1. The van der Waals surface area contributed by atoms with Crippen LogP contribution < -0.4 is 10.6 Å². The normalized spacial score (nSPS) is 20.6. The summed E-state index contributed by atoms with van der Waals surface area (Å²) in [6, 6.07) is 8.43. The van der Waals surface area contributed by atoms with Gasteiger partial charge in [0.05, 0.1) is 0 Å². The summed E-state index contributed by atoms with van der Waals surface area (Å²) in [4.78, 5) is 16.1. The third kappa shape index (κ3) is 3.33. The topological polar surface area (TPSA) is 49.6 Å². The van der Waals surface area contributed by atoms with Crippen molar-refractivity contribution in [2.75, 3.05) is 37.6 Å². The first-order valence-electron chi connectivity index (χ1n) is 6.92. The van der Waals surface area contributed by atoms with Crippen LogP contribution in [0, 0.1) is 0 Å². The fourth-order valence-electron chi connectivity index (χ4n) is 2.63. The summed E-state index contributed by atoms with van der Waals surface area (Å²) in [7, 11) is 0. The summed E-state index contributed by atoms with van der Waals surface area (Å²) in [6.45, 7) is 8.61. The van der Waals surface area contributed by atoms with Gasteiger partial charge in [0.15, 0.2) is 5.78 Å². The van der Waals surface area contributed by atoms with E-state index in [4.69, 9.17) is 5.73 Å². The maximum absolute atomic E-state index is 11.3. The molecule has 19 heavy (non-hydrogen) atoms. The van der Waals surface area contributed by atoms with E-state index in [9.17, 15) is 4.79 Å². The Morgan fingerprint density at radius 2 is 2.00 bits per heavy atom. The van der Waals surface area contributed by atoms with Crippen molar-refractivity contribution in [2.24, 2.45) is 5.73 Å². The van der Waals surface area contributed by atoms with E-state index >= 15 is 0 Å². The first kappa shape index (κ1) is 14.0. The lowest BCUT2D eigenvalue weighted by molar-refractivity contribution is 0.101. The number of anilines is 1. The zero-order chi connectivity index (χ0) is 13.8. The molecule has 1 fully saturated rings. The molecule has 1 aliphatic heterocycles. The first-order valence-corrected chi connectivity index (χ1v) is 6.92. The monoisotopic (exact) mass is 261 g/mol. The second kappa shape index (κ2) is 6.17. The van der Waals surface area contributed by atoms with Gasteiger partial charge in [-0.05, 0) is 38.1 Å². The summed E-state index contributed by atoms with van der Waals surface area (Å²) in [6.07, 6.45) is 0. The van der Waals surface area contributed by atoms with Gasteiger partial charge in [-0.3, -0.25) is 9.69 Å². The summed E-state index contributed by atoms with van der Waals surface area (Å²) in [5, 5.41) is 0. The number of benzene rings is 1. The van der Waals surface area contributed by atoms with E-state index in [0.717, 1.165) is 38.3 Å². The van der Waals surface area contributed by atoms with Gasteiger partial charge in [-0.2, -0.15) is 0 Å². The number of nitrogens with zero attached hydrogens (tertiary/aromatic N) is 2. The van der Waals surface area contributed by atoms with Crippen molar-refractivity contribution in [1.82, 2.24) is 4.90 Å². The Hall–Kier alpha value is -1.39. The van der Waals surface area contributed by atoms with Gasteiger partial charge < -0.3 is 10.6 Å². The van der Waals surface area contributed by atoms with Crippen LogP contribution in [0.5, 0.6) is 0 Å². The fourth-order valence-corrected chi connectivity index (χ4v) is 2.63. The smallest absolute Gasteiger partial charge is 0.159 e. The van der Waals surface area contributed by atoms with Crippen LogP contribution in [0.1, 0.15) is 24.2 Å². The molecule has 1 aromatic rings. The number of piperazine rings is 1. The van der Waals surface area contributed by atoms with E-state index in [1.54, 1.807) is 6.92 Å². The Morgan fingerprint density at radius 1 is 1.32 bits per heavy atom. The Balaban J connectivity index is 2.01. The average molecular weight is 261 g/mol. The van der Waals surface area contributed by atoms with Gasteiger partial charge in [-0.25, -0.2) is 0 Å². The Kier molecular flexibility index (Phi) is 4.56. The minimum atomic E-state index is 0.118. The molecule has 2 rings (SSSR count). The van der Waals surface area contributed by atoms with Crippen molar-refractivity contribution >= 4 is 11.5 Å². The molecule has 1 aromatic carbocycles. The maximum atomic E-state index is 11.3. The third-order valence-electron chi connectivity index (χ3n) is 3.82. The van der Waals surface area contributed by atoms with Gasteiger partial charge in [0.1, 0.15) is 0 Å². The largest absolute Gasteiger partial charge is 0.369 e. The van der Waals surface area contributed by atoms with Crippen LogP contribution in [0.25, 0.3) is 0 Å². The van der Waals surface area contributed by atoms with Gasteiger partial charge in [-0.15, -0.1) is 0 Å². The maximum Gasteiger partial charge on any atom is 0.159 e. The lowest BCUT2D eigenvalue weighted by Gasteiger charge is -2.40. The van der Waals surface area contributed by atoms with Gasteiger partial charge in [0.25, 0.3) is 0 Å². The van der Waals surface area contributed by atoms with Crippen molar-refractivity contribution in [3.8, 4) is 0 Å². The number of Topliss-reactive ketones (excluding diaryl/α,β-unsaturated/α-hetero) is 1. The number of hydrogen-bond donors (Lipinski definition) is 1. The highest BCUT2D eigenvalue weighted by Gasteiger charge is 2.22. The molecule has 104 valence electrons. The van der Waals surface area contributed by atoms with Crippen LogP contribution in [0.4, 0.5) is 5.69 Å².